The Hall–Kier alpha value is -0.630. The summed E-state index contributed by atoms with van der Waals surface area (Å²) in [5.41, 5.74) is 5.55. The first-order chi connectivity index (χ1) is 4.33. The van der Waals surface area contributed by atoms with Crippen LogP contribution in [0.5, 0.6) is 0 Å². The van der Waals surface area contributed by atoms with Crippen LogP contribution in [-0.2, 0) is 4.79 Å². The number of hydrogen-bond acceptors (Lipinski definition) is 2. The zero-order chi connectivity index (χ0) is 6.69. The van der Waals surface area contributed by atoms with Crippen molar-refractivity contribution in [2.24, 2.45) is 11.7 Å². The van der Waals surface area contributed by atoms with Gasteiger partial charge in [0, 0.05) is 12.0 Å². The zero-order valence-corrected chi connectivity index (χ0v) is 5.29. The Balaban J connectivity index is 2.47. The molecule has 0 spiro atoms. The van der Waals surface area contributed by atoms with E-state index in [1.807, 2.05) is 12.2 Å². The Morgan fingerprint density at radius 2 is 2.22 bits per heavy atom. The third-order valence-electron chi connectivity index (χ3n) is 1.61. The molecule has 2 nitrogen and oxygen atoms in total. The van der Waals surface area contributed by atoms with Crippen LogP contribution in [0, 0.1) is 5.92 Å². The molecule has 1 aliphatic rings. The van der Waals surface area contributed by atoms with Crippen molar-refractivity contribution in [3.63, 3.8) is 0 Å². The molecule has 0 aromatic carbocycles. The lowest BCUT2D eigenvalue weighted by atomic mass is 9.95. The van der Waals surface area contributed by atoms with Crippen LogP contribution >= 0.6 is 0 Å². The van der Waals surface area contributed by atoms with Gasteiger partial charge in [0.1, 0.15) is 6.29 Å². The molecule has 1 aliphatic carbocycles. The maximum Gasteiger partial charge on any atom is 0.126 e. The van der Waals surface area contributed by atoms with Gasteiger partial charge in [-0.25, -0.2) is 0 Å². The van der Waals surface area contributed by atoms with Crippen molar-refractivity contribution in [2.45, 2.75) is 18.9 Å². The van der Waals surface area contributed by atoms with Gasteiger partial charge in [-0.15, -0.1) is 0 Å². The van der Waals surface area contributed by atoms with Crippen LogP contribution in [-0.4, -0.2) is 12.3 Å². The van der Waals surface area contributed by atoms with Crippen LogP contribution in [0.25, 0.3) is 0 Å². The van der Waals surface area contributed by atoms with E-state index in [0.29, 0.717) is 0 Å². The largest absolute Gasteiger partial charge is 0.324 e. The van der Waals surface area contributed by atoms with Gasteiger partial charge in [-0.3, -0.25) is 0 Å². The number of nitrogens with two attached hydrogens (primary N) is 1. The Morgan fingerprint density at radius 3 is 2.67 bits per heavy atom. The summed E-state index contributed by atoms with van der Waals surface area (Å²) in [6.45, 7) is 0. The first kappa shape index (κ1) is 6.49. The number of hydrogen-bond donors (Lipinski definition) is 1. The average molecular weight is 125 g/mol. The fourth-order valence-electron chi connectivity index (χ4n) is 0.976. The first-order valence-electron chi connectivity index (χ1n) is 3.22. The third kappa shape index (κ3) is 1.64. The molecule has 2 unspecified atom stereocenters. The van der Waals surface area contributed by atoms with Crippen molar-refractivity contribution in [3.8, 4) is 0 Å². The molecule has 0 radical (unpaired) electrons. The summed E-state index contributed by atoms with van der Waals surface area (Å²) >= 11 is 0. The van der Waals surface area contributed by atoms with Crippen molar-refractivity contribution in [1.82, 2.24) is 0 Å². The molecule has 0 saturated carbocycles. The van der Waals surface area contributed by atoms with E-state index in [2.05, 4.69) is 0 Å². The summed E-state index contributed by atoms with van der Waals surface area (Å²) in [6.07, 6.45) is 6.63. The molecular formula is C7H11NO. The fourth-order valence-corrected chi connectivity index (χ4v) is 0.976. The summed E-state index contributed by atoms with van der Waals surface area (Å²) in [6, 6.07) is 0.182. The minimum Gasteiger partial charge on any atom is -0.324 e. The van der Waals surface area contributed by atoms with E-state index in [1.165, 1.54) is 0 Å². The maximum atomic E-state index is 10.2. The lowest BCUT2D eigenvalue weighted by Crippen LogP contribution is -2.22. The topological polar surface area (TPSA) is 43.1 Å². The van der Waals surface area contributed by atoms with Gasteiger partial charge in [0.2, 0.25) is 0 Å². The predicted octanol–water partition coefficient (Wildman–Crippen LogP) is 0.479. The third-order valence-corrected chi connectivity index (χ3v) is 1.61. The lowest BCUT2D eigenvalue weighted by Gasteiger charge is -2.14. The Bertz CT molecular complexity index is 131. The van der Waals surface area contributed by atoms with Crippen LogP contribution in [0.3, 0.4) is 0 Å². The molecule has 2 N–H and O–H groups in total. The highest BCUT2D eigenvalue weighted by Crippen LogP contribution is 2.13. The number of carbonyl (C=O) groups is 1. The second kappa shape index (κ2) is 2.78. The standard InChI is InChI=1S/C7H11NO/c8-7-3-1-6(5-9)2-4-7/h1,3,5-7H,2,4,8H2. The molecule has 0 fully saturated rings. The van der Waals surface area contributed by atoms with Crippen LogP contribution in [0.4, 0.5) is 0 Å². The number of aldehydes is 1. The van der Waals surface area contributed by atoms with E-state index in [0.717, 1.165) is 19.1 Å². The van der Waals surface area contributed by atoms with Gasteiger partial charge < -0.3 is 10.5 Å². The Kier molecular flexibility index (Phi) is 2.01. The molecule has 2 heteroatoms. The number of carbonyl (C=O) groups excluding carboxylic acids is 1. The van der Waals surface area contributed by atoms with Crippen LogP contribution < -0.4 is 5.73 Å². The van der Waals surface area contributed by atoms with Crippen molar-refractivity contribution in [3.05, 3.63) is 12.2 Å². The van der Waals surface area contributed by atoms with E-state index < -0.39 is 0 Å². The van der Waals surface area contributed by atoms with Gasteiger partial charge in [0.25, 0.3) is 0 Å². The molecule has 0 amide bonds. The number of rotatable bonds is 1. The molecule has 1 rings (SSSR count). The minimum atomic E-state index is 0.129. The molecular weight excluding hydrogens is 114 g/mol. The normalized spacial score (nSPS) is 34.3. The zero-order valence-electron chi connectivity index (χ0n) is 5.29. The predicted molar refractivity (Wildman–Crippen MR) is 35.9 cm³/mol. The first-order valence-corrected chi connectivity index (χ1v) is 3.22. The molecule has 9 heavy (non-hydrogen) atoms. The minimum absolute atomic E-state index is 0.129. The second-order valence-corrected chi connectivity index (χ2v) is 2.43. The lowest BCUT2D eigenvalue weighted by molar-refractivity contribution is -0.110. The van der Waals surface area contributed by atoms with E-state index >= 15 is 0 Å². The van der Waals surface area contributed by atoms with Crippen molar-refractivity contribution < 1.29 is 4.79 Å². The van der Waals surface area contributed by atoms with Crippen molar-refractivity contribution in [1.29, 1.82) is 0 Å². The quantitative estimate of drug-likeness (QED) is 0.409. The summed E-state index contributed by atoms with van der Waals surface area (Å²) in [5.74, 6) is 0.129. The smallest absolute Gasteiger partial charge is 0.126 e. The monoisotopic (exact) mass is 125 g/mol. The maximum absolute atomic E-state index is 10.2. The van der Waals surface area contributed by atoms with E-state index in [1.54, 1.807) is 0 Å². The molecule has 0 aliphatic heterocycles. The SMILES string of the molecule is NC1C=CC(C=O)CC1. The van der Waals surface area contributed by atoms with Gasteiger partial charge >= 0.3 is 0 Å². The van der Waals surface area contributed by atoms with Crippen LogP contribution in [0.1, 0.15) is 12.8 Å². The molecule has 0 aromatic heterocycles. The van der Waals surface area contributed by atoms with Gasteiger partial charge in [0.05, 0.1) is 0 Å². The summed E-state index contributed by atoms with van der Waals surface area (Å²) < 4.78 is 0. The molecule has 0 bridgehead atoms. The van der Waals surface area contributed by atoms with Crippen LogP contribution in [0.2, 0.25) is 0 Å². The highest BCUT2D eigenvalue weighted by atomic mass is 16.1. The molecule has 0 saturated heterocycles. The molecule has 0 aromatic rings. The van der Waals surface area contributed by atoms with Gasteiger partial charge in [-0.05, 0) is 12.8 Å². The van der Waals surface area contributed by atoms with Gasteiger partial charge in [-0.2, -0.15) is 0 Å². The summed E-state index contributed by atoms with van der Waals surface area (Å²) in [5, 5.41) is 0. The van der Waals surface area contributed by atoms with Crippen LogP contribution in [0.15, 0.2) is 12.2 Å². The summed E-state index contributed by atoms with van der Waals surface area (Å²) in [7, 11) is 0. The Labute approximate surface area is 54.7 Å². The van der Waals surface area contributed by atoms with E-state index in [-0.39, 0.29) is 12.0 Å². The van der Waals surface area contributed by atoms with E-state index in [9.17, 15) is 4.79 Å². The van der Waals surface area contributed by atoms with Gasteiger partial charge in [-0.1, -0.05) is 12.2 Å². The van der Waals surface area contributed by atoms with Crippen molar-refractivity contribution in [2.75, 3.05) is 0 Å². The van der Waals surface area contributed by atoms with E-state index in [4.69, 9.17) is 5.73 Å². The summed E-state index contributed by atoms with van der Waals surface area (Å²) in [4.78, 5) is 10.2. The number of allylic oxidation sites excluding steroid dienone is 1. The van der Waals surface area contributed by atoms with Gasteiger partial charge in [0.15, 0.2) is 0 Å². The molecule has 0 heterocycles. The molecule has 50 valence electrons. The fraction of sp³-hybridized carbons (Fsp3) is 0.571. The Morgan fingerprint density at radius 1 is 1.44 bits per heavy atom. The average Bonchev–Trinajstić information content (AvgIpc) is 1.90. The highest BCUT2D eigenvalue weighted by Gasteiger charge is 2.10. The molecule has 2 atom stereocenters. The highest BCUT2D eigenvalue weighted by molar-refractivity contribution is 5.56. The van der Waals surface area contributed by atoms with Crippen molar-refractivity contribution >= 4 is 6.29 Å². The second-order valence-electron chi connectivity index (χ2n) is 2.43.